The van der Waals surface area contributed by atoms with Crippen molar-refractivity contribution in [3.8, 4) is 0 Å². The number of carbonyl (C=O) groups is 1. The highest BCUT2D eigenvalue weighted by Crippen LogP contribution is 2.25. The van der Waals surface area contributed by atoms with E-state index in [0.29, 0.717) is 10.6 Å². The standard InChI is InChI=1S/C15H20ClNO2/c1-11-6-7-12(16)10-14(11)15(19)17-8-2-4-13(17)5-3-9-18/h6-7,10,13,18H,2-5,8-9H2,1H3. The molecule has 1 unspecified atom stereocenters. The SMILES string of the molecule is Cc1ccc(Cl)cc1C(=O)N1CCCC1CCCO. The van der Waals surface area contributed by atoms with Crippen molar-refractivity contribution in [1.29, 1.82) is 0 Å². The van der Waals surface area contributed by atoms with E-state index < -0.39 is 0 Å². The van der Waals surface area contributed by atoms with Crippen LogP contribution in [0.25, 0.3) is 0 Å². The molecular weight excluding hydrogens is 262 g/mol. The van der Waals surface area contributed by atoms with E-state index in [2.05, 4.69) is 0 Å². The number of likely N-dealkylation sites (tertiary alicyclic amines) is 1. The van der Waals surface area contributed by atoms with Crippen molar-refractivity contribution < 1.29 is 9.90 Å². The zero-order valence-electron chi connectivity index (χ0n) is 11.2. The Labute approximate surface area is 119 Å². The van der Waals surface area contributed by atoms with Gasteiger partial charge >= 0.3 is 0 Å². The fraction of sp³-hybridized carbons (Fsp3) is 0.533. The summed E-state index contributed by atoms with van der Waals surface area (Å²) in [6.45, 7) is 2.93. The fourth-order valence-corrected chi connectivity index (χ4v) is 2.88. The van der Waals surface area contributed by atoms with Gasteiger partial charge in [0.1, 0.15) is 0 Å². The van der Waals surface area contributed by atoms with Gasteiger partial charge in [-0.2, -0.15) is 0 Å². The molecule has 2 rings (SSSR count). The van der Waals surface area contributed by atoms with E-state index in [4.69, 9.17) is 16.7 Å². The van der Waals surface area contributed by atoms with Crippen LogP contribution in [0.15, 0.2) is 18.2 Å². The molecule has 1 aliphatic rings. The number of amides is 1. The summed E-state index contributed by atoms with van der Waals surface area (Å²) in [5.74, 6) is 0.0699. The van der Waals surface area contributed by atoms with Crippen molar-refractivity contribution >= 4 is 17.5 Å². The second-order valence-electron chi connectivity index (χ2n) is 5.12. The molecule has 1 aliphatic heterocycles. The molecule has 0 radical (unpaired) electrons. The fourth-order valence-electron chi connectivity index (χ4n) is 2.71. The third-order valence-corrected chi connectivity index (χ3v) is 4.00. The van der Waals surface area contributed by atoms with Crippen molar-refractivity contribution in [3.05, 3.63) is 34.3 Å². The lowest BCUT2D eigenvalue weighted by molar-refractivity contribution is 0.0723. The van der Waals surface area contributed by atoms with Crippen LogP contribution < -0.4 is 0 Å². The van der Waals surface area contributed by atoms with E-state index in [0.717, 1.165) is 37.8 Å². The lowest BCUT2D eigenvalue weighted by Crippen LogP contribution is -2.36. The van der Waals surface area contributed by atoms with Crippen LogP contribution >= 0.6 is 11.6 Å². The van der Waals surface area contributed by atoms with Crippen molar-refractivity contribution in [2.24, 2.45) is 0 Å². The molecule has 1 fully saturated rings. The van der Waals surface area contributed by atoms with Gasteiger partial charge in [0.05, 0.1) is 0 Å². The highest BCUT2D eigenvalue weighted by molar-refractivity contribution is 6.31. The van der Waals surface area contributed by atoms with Crippen molar-refractivity contribution in [1.82, 2.24) is 4.90 Å². The van der Waals surface area contributed by atoms with Gasteiger partial charge in [-0.15, -0.1) is 0 Å². The van der Waals surface area contributed by atoms with Gasteiger partial charge in [0, 0.05) is 29.8 Å². The first-order valence-electron chi connectivity index (χ1n) is 6.81. The molecule has 104 valence electrons. The first-order valence-corrected chi connectivity index (χ1v) is 7.19. The van der Waals surface area contributed by atoms with Crippen LogP contribution in [-0.4, -0.2) is 35.1 Å². The van der Waals surface area contributed by atoms with Crippen molar-refractivity contribution in [3.63, 3.8) is 0 Å². The average Bonchev–Trinajstić information content (AvgIpc) is 2.86. The predicted octanol–water partition coefficient (Wildman–Crippen LogP) is 3.03. The van der Waals surface area contributed by atoms with Crippen LogP contribution in [0.2, 0.25) is 5.02 Å². The molecule has 1 atom stereocenters. The Hall–Kier alpha value is -1.06. The lowest BCUT2D eigenvalue weighted by Gasteiger charge is -2.25. The predicted molar refractivity (Wildman–Crippen MR) is 76.6 cm³/mol. The molecule has 0 saturated carbocycles. The molecule has 0 aromatic heterocycles. The number of aliphatic hydroxyl groups is 1. The van der Waals surface area contributed by atoms with E-state index >= 15 is 0 Å². The first kappa shape index (κ1) is 14.4. The highest BCUT2D eigenvalue weighted by Gasteiger charge is 2.29. The minimum Gasteiger partial charge on any atom is -0.396 e. The van der Waals surface area contributed by atoms with Crippen LogP contribution in [0, 0.1) is 6.92 Å². The minimum atomic E-state index is 0.0699. The summed E-state index contributed by atoms with van der Waals surface area (Å²) < 4.78 is 0. The van der Waals surface area contributed by atoms with Gasteiger partial charge in [-0.3, -0.25) is 4.79 Å². The van der Waals surface area contributed by atoms with Gasteiger partial charge in [0.15, 0.2) is 0 Å². The van der Waals surface area contributed by atoms with Gasteiger partial charge in [-0.05, 0) is 50.3 Å². The number of hydrogen-bond donors (Lipinski definition) is 1. The Morgan fingerprint density at radius 3 is 3.05 bits per heavy atom. The van der Waals surface area contributed by atoms with E-state index in [1.807, 2.05) is 17.9 Å². The highest BCUT2D eigenvalue weighted by atomic mass is 35.5. The maximum absolute atomic E-state index is 12.6. The zero-order chi connectivity index (χ0) is 13.8. The molecule has 1 heterocycles. The third-order valence-electron chi connectivity index (χ3n) is 3.76. The van der Waals surface area contributed by atoms with Gasteiger partial charge in [-0.1, -0.05) is 17.7 Å². The monoisotopic (exact) mass is 281 g/mol. The Morgan fingerprint density at radius 2 is 2.32 bits per heavy atom. The Bertz CT molecular complexity index is 461. The number of aliphatic hydroxyl groups excluding tert-OH is 1. The molecule has 0 aliphatic carbocycles. The summed E-state index contributed by atoms with van der Waals surface area (Å²) in [7, 11) is 0. The number of hydrogen-bond acceptors (Lipinski definition) is 2. The average molecular weight is 282 g/mol. The molecule has 0 bridgehead atoms. The number of aryl methyl sites for hydroxylation is 1. The lowest BCUT2D eigenvalue weighted by atomic mass is 10.1. The summed E-state index contributed by atoms with van der Waals surface area (Å²) in [6.07, 6.45) is 3.71. The number of carbonyl (C=O) groups excluding carboxylic acids is 1. The van der Waals surface area contributed by atoms with E-state index in [-0.39, 0.29) is 18.6 Å². The molecule has 4 heteroatoms. The number of nitrogens with zero attached hydrogens (tertiary/aromatic N) is 1. The van der Waals surface area contributed by atoms with Gasteiger partial charge in [-0.25, -0.2) is 0 Å². The van der Waals surface area contributed by atoms with Crippen LogP contribution in [-0.2, 0) is 0 Å². The third kappa shape index (κ3) is 3.28. The Balaban J connectivity index is 2.16. The van der Waals surface area contributed by atoms with E-state index in [9.17, 15) is 4.79 Å². The van der Waals surface area contributed by atoms with Crippen LogP contribution in [0.4, 0.5) is 0 Å². The van der Waals surface area contributed by atoms with E-state index in [1.165, 1.54) is 0 Å². The second kappa shape index (κ2) is 6.40. The molecule has 1 aromatic rings. The Kier molecular flexibility index (Phi) is 4.83. The normalized spacial score (nSPS) is 18.9. The van der Waals surface area contributed by atoms with Gasteiger partial charge < -0.3 is 10.0 Å². The van der Waals surface area contributed by atoms with Crippen LogP contribution in [0.1, 0.15) is 41.6 Å². The van der Waals surface area contributed by atoms with Gasteiger partial charge in [0.25, 0.3) is 5.91 Å². The molecule has 1 amide bonds. The largest absolute Gasteiger partial charge is 0.396 e. The van der Waals surface area contributed by atoms with Crippen molar-refractivity contribution in [2.75, 3.05) is 13.2 Å². The summed E-state index contributed by atoms with van der Waals surface area (Å²) in [5, 5.41) is 9.53. The zero-order valence-corrected chi connectivity index (χ0v) is 12.0. The summed E-state index contributed by atoms with van der Waals surface area (Å²) in [5.41, 5.74) is 1.66. The smallest absolute Gasteiger partial charge is 0.254 e. The quantitative estimate of drug-likeness (QED) is 0.922. The molecular formula is C15H20ClNO2. The first-order chi connectivity index (χ1) is 9.13. The molecule has 3 nitrogen and oxygen atoms in total. The van der Waals surface area contributed by atoms with Crippen molar-refractivity contribution in [2.45, 2.75) is 38.6 Å². The maximum Gasteiger partial charge on any atom is 0.254 e. The van der Waals surface area contributed by atoms with Crippen LogP contribution in [0.5, 0.6) is 0 Å². The number of benzene rings is 1. The molecule has 0 spiro atoms. The molecule has 19 heavy (non-hydrogen) atoms. The Morgan fingerprint density at radius 1 is 1.53 bits per heavy atom. The summed E-state index contributed by atoms with van der Waals surface area (Å²) in [6, 6.07) is 5.70. The van der Waals surface area contributed by atoms with Gasteiger partial charge in [0.2, 0.25) is 0 Å². The van der Waals surface area contributed by atoms with Crippen LogP contribution in [0.3, 0.4) is 0 Å². The number of halogens is 1. The summed E-state index contributed by atoms with van der Waals surface area (Å²) >= 11 is 5.98. The molecule has 1 saturated heterocycles. The second-order valence-corrected chi connectivity index (χ2v) is 5.56. The van der Waals surface area contributed by atoms with E-state index in [1.54, 1.807) is 12.1 Å². The molecule has 1 N–H and O–H groups in total. The number of rotatable bonds is 4. The maximum atomic E-state index is 12.6. The topological polar surface area (TPSA) is 40.5 Å². The molecule has 1 aromatic carbocycles. The summed E-state index contributed by atoms with van der Waals surface area (Å²) in [4.78, 5) is 14.5. The minimum absolute atomic E-state index is 0.0699.